The summed E-state index contributed by atoms with van der Waals surface area (Å²) in [6.45, 7) is 3.76. The van der Waals surface area contributed by atoms with Crippen molar-refractivity contribution in [3.05, 3.63) is 59.7 Å². The van der Waals surface area contributed by atoms with Gasteiger partial charge in [0.15, 0.2) is 0 Å². The Balaban J connectivity index is 2.24. The lowest BCUT2D eigenvalue weighted by Crippen LogP contribution is -2.58. The Labute approximate surface area is 237 Å². The molecule has 0 heterocycles. The van der Waals surface area contributed by atoms with Crippen molar-refractivity contribution in [2.75, 3.05) is 0 Å². The zero-order valence-corrected chi connectivity index (χ0v) is 22.9. The van der Waals surface area contributed by atoms with Crippen LogP contribution in [0.25, 0.3) is 0 Å². The SMILES string of the molecule is CC(C)CC(N)C(=O)NC(Cc1ccc(O)cc1)C(=O)NC(CC(N)=O)C(=O)NC(Cc1ccc(O)cc1)C(=O)O. The number of amides is 4. The van der Waals surface area contributed by atoms with Gasteiger partial charge in [-0.05, 0) is 47.7 Å². The van der Waals surface area contributed by atoms with Gasteiger partial charge >= 0.3 is 5.97 Å². The Kier molecular flexibility index (Phi) is 12.1. The third-order valence-corrected chi connectivity index (χ3v) is 6.10. The first-order valence-corrected chi connectivity index (χ1v) is 13.0. The summed E-state index contributed by atoms with van der Waals surface area (Å²) in [5.41, 5.74) is 12.3. The van der Waals surface area contributed by atoms with Gasteiger partial charge < -0.3 is 42.7 Å². The van der Waals surface area contributed by atoms with Gasteiger partial charge in [-0.3, -0.25) is 19.2 Å². The average Bonchev–Trinajstić information content (AvgIpc) is 2.89. The molecule has 0 saturated carbocycles. The van der Waals surface area contributed by atoms with E-state index < -0.39 is 60.2 Å². The summed E-state index contributed by atoms with van der Waals surface area (Å²) in [6, 6.07) is 6.47. The molecular weight excluding hydrogens is 534 g/mol. The molecule has 13 heteroatoms. The van der Waals surface area contributed by atoms with Crippen LogP contribution in [0.4, 0.5) is 0 Å². The predicted molar refractivity (Wildman–Crippen MR) is 148 cm³/mol. The standard InChI is InChI=1S/C28H37N5O8/c1-15(2)11-20(29)25(37)31-21(12-16-3-7-18(34)8-4-16)26(38)32-22(14-24(30)36)27(39)33-23(28(40)41)13-17-5-9-19(35)10-6-17/h3-10,15,20-23,34-35H,11-14,29H2,1-2H3,(H2,30,36)(H,31,37)(H,32,38)(H,33,39)(H,40,41). The largest absolute Gasteiger partial charge is 0.508 e. The van der Waals surface area contributed by atoms with E-state index in [9.17, 15) is 39.3 Å². The van der Waals surface area contributed by atoms with Crippen LogP contribution in [0.5, 0.6) is 11.5 Å². The van der Waals surface area contributed by atoms with E-state index in [1.165, 1.54) is 36.4 Å². The molecule has 0 saturated heterocycles. The molecule has 4 atom stereocenters. The normalized spacial score (nSPS) is 13.9. The molecule has 0 spiro atoms. The number of carbonyl (C=O) groups is 5. The topological polar surface area (TPSA) is 234 Å². The lowest BCUT2D eigenvalue weighted by Gasteiger charge is -2.25. The fraction of sp³-hybridized carbons (Fsp3) is 0.393. The van der Waals surface area contributed by atoms with Gasteiger partial charge in [0, 0.05) is 12.8 Å². The van der Waals surface area contributed by atoms with Crippen LogP contribution >= 0.6 is 0 Å². The van der Waals surface area contributed by atoms with Crippen LogP contribution in [0.1, 0.15) is 37.8 Å². The third kappa shape index (κ3) is 11.2. The second-order valence-electron chi connectivity index (χ2n) is 10.2. The van der Waals surface area contributed by atoms with Crippen LogP contribution in [0, 0.1) is 5.92 Å². The number of primary amides is 1. The highest BCUT2D eigenvalue weighted by Gasteiger charge is 2.31. The molecule has 0 aliphatic heterocycles. The van der Waals surface area contributed by atoms with Crippen molar-refractivity contribution in [3.8, 4) is 11.5 Å². The molecule has 2 aromatic rings. The Hall–Kier alpha value is -4.65. The Morgan fingerprint density at radius 3 is 1.56 bits per heavy atom. The van der Waals surface area contributed by atoms with Crippen molar-refractivity contribution in [2.45, 2.75) is 63.7 Å². The van der Waals surface area contributed by atoms with Gasteiger partial charge in [-0.2, -0.15) is 0 Å². The van der Waals surface area contributed by atoms with Crippen molar-refractivity contribution in [3.63, 3.8) is 0 Å². The number of aliphatic carboxylic acids is 1. The highest BCUT2D eigenvalue weighted by atomic mass is 16.4. The number of carboxylic acid groups (broad SMARTS) is 1. The first-order chi connectivity index (χ1) is 19.2. The molecule has 4 unspecified atom stereocenters. The maximum Gasteiger partial charge on any atom is 0.326 e. The first-order valence-electron chi connectivity index (χ1n) is 13.0. The average molecular weight is 572 g/mol. The monoisotopic (exact) mass is 571 g/mol. The lowest BCUT2D eigenvalue weighted by molar-refractivity contribution is -0.142. The van der Waals surface area contributed by atoms with Crippen molar-refractivity contribution in [1.82, 2.24) is 16.0 Å². The zero-order valence-electron chi connectivity index (χ0n) is 22.9. The van der Waals surface area contributed by atoms with E-state index in [0.717, 1.165) is 0 Å². The number of hydrogen-bond acceptors (Lipinski definition) is 8. The number of aromatic hydroxyl groups is 2. The first kappa shape index (κ1) is 32.6. The minimum Gasteiger partial charge on any atom is -0.508 e. The number of carboxylic acids is 1. The fourth-order valence-electron chi connectivity index (χ4n) is 3.99. The second kappa shape index (κ2) is 15.2. The molecule has 0 aliphatic rings. The van der Waals surface area contributed by atoms with Crippen LogP contribution in [0.3, 0.4) is 0 Å². The van der Waals surface area contributed by atoms with Crippen LogP contribution in [0.2, 0.25) is 0 Å². The van der Waals surface area contributed by atoms with Crippen LogP contribution in [0.15, 0.2) is 48.5 Å². The number of nitrogens with two attached hydrogens (primary N) is 2. The molecular formula is C28H37N5O8. The number of nitrogens with one attached hydrogen (secondary N) is 3. The van der Waals surface area contributed by atoms with Crippen molar-refractivity contribution in [2.24, 2.45) is 17.4 Å². The molecule has 4 amide bonds. The predicted octanol–water partition coefficient (Wildman–Crippen LogP) is -0.329. The van der Waals surface area contributed by atoms with Gasteiger partial charge in [0.1, 0.15) is 29.6 Å². The van der Waals surface area contributed by atoms with Crippen molar-refractivity contribution >= 4 is 29.6 Å². The minimum atomic E-state index is -1.55. The molecule has 2 rings (SSSR count). The maximum absolute atomic E-state index is 13.3. The molecule has 41 heavy (non-hydrogen) atoms. The van der Waals surface area contributed by atoms with Crippen LogP contribution in [-0.2, 0) is 36.8 Å². The minimum absolute atomic E-state index is 0.00350. The van der Waals surface area contributed by atoms with E-state index in [1.807, 2.05) is 13.8 Å². The van der Waals surface area contributed by atoms with Gasteiger partial charge in [0.25, 0.3) is 0 Å². The lowest BCUT2D eigenvalue weighted by atomic mass is 10.0. The summed E-state index contributed by atoms with van der Waals surface area (Å²) in [7, 11) is 0. The maximum atomic E-state index is 13.3. The number of phenolic OH excluding ortho intramolecular Hbond substituents is 2. The Morgan fingerprint density at radius 2 is 1.12 bits per heavy atom. The van der Waals surface area contributed by atoms with E-state index in [-0.39, 0.29) is 30.3 Å². The Morgan fingerprint density at radius 1 is 0.707 bits per heavy atom. The third-order valence-electron chi connectivity index (χ3n) is 6.10. The van der Waals surface area contributed by atoms with E-state index in [4.69, 9.17) is 11.5 Å². The summed E-state index contributed by atoms with van der Waals surface area (Å²) in [6.07, 6.45) is -0.485. The second-order valence-corrected chi connectivity index (χ2v) is 10.2. The van der Waals surface area contributed by atoms with Gasteiger partial charge in [0.2, 0.25) is 23.6 Å². The van der Waals surface area contributed by atoms with Crippen LogP contribution < -0.4 is 27.4 Å². The smallest absolute Gasteiger partial charge is 0.326 e. The molecule has 0 aliphatic carbocycles. The molecule has 222 valence electrons. The molecule has 0 radical (unpaired) electrons. The van der Waals surface area contributed by atoms with Crippen LogP contribution in [-0.4, -0.2) is 69.1 Å². The zero-order chi connectivity index (χ0) is 30.7. The molecule has 0 fully saturated rings. The van der Waals surface area contributed by atoms with Crippen molar-refractivity contribution < 1.29 is 39.3 Å². The van der Waals surface area contributed by atoms with E-state index in [0.29, 0.717) is 17.5 Å². The van der Waals surface area contributed by atoms with Gasteiger partial charge in [0.05, 0.1) is 12.5 Å². The summed E-state index contributed by atoms with van der Waals surface area (Å²) in [5, 5.41) is 36.0. The number of hydrogen-bond donors (Lipinski definition) is 8. The summed E-state index contributed by atoms with van der Waals surface area (Å²) < 4.78 is 0. The summed E-state index contributed by atoms with van der Waals surface area (Å²) in [4.78, 5) is 62.8. The van der Waals surface area contributed by atoms with Gasteiger partial charge in [-0.25, -0.2) is 4.79 Å². The number of benzene rings is 2. The van der Waals surface area contributed by atoms with E-state index in [1.54, 1.807) is 12.1 Å². The molecule has 2 aromatic carbocycles. The quantitative estimate of drug-likeness (QED) is 0.140. The molecule has 13 nitrogen and oxygen atoms in total. The summed E-state index contributed by atoms with van der Waals surface area (Å²) in [5.74, 6) is -4.64. The Bertz CT molecular complexity index is 1220. The van der Waals surface area contributed by atoms with E-state index in [2.05, 4.69) is 16.0 Å². The summed E-state index contributed by atoms with van der Waals surface area (Å²) >= 11 is 0. The molecule has 10 N–H and O–H groups in total. The van der Waals surface area contributed by atoms with Crippen molar-refractivity contribution in [1.29, 1.82) is 0 Å². The molecule has 0 aromatic heterocycles. The fourth-order valence-corrected chi connectivity index (χ4v) is 3.99. The van der Waals surface area contributed by atoms with Gasteiger partial charge in [-0.15, -0.1) is 0 Å². The number of rotatable bonds is 15. The number of phenols is 2. The highest BCUT2D eigenvalue weighted by molar-refractivity contribution is 5.96. The van der Waals surface area contributed by atoms with Gasteiger partial charge in [-0.1, -0.05) is 38.1 Å². The van der Waals surface area contributed by atoms with E-state index >= 15 is 0 Å². The molecule has 0 bridgehead atoms. The number of carbonyl (C=O) groups excluding carboxylic acids is 4. The highest BCUT2D eigenvalue weighted by Crippen LogP contribution is 2.14.